The maximum absolute atomic E-state index is 11.7. The van der Waals surface area contributed by atoms with Crippen molar-refractivity contribution in [2.24, 2.45) is 5.92 Å². The summed E-state index contributed by atoms with van der Waals surface area (Å²) < 4.78 is 12.3. The Morgan fingerprint density at radius 3 is 2.72 bits per heavy atom. The van der Waals surface area contributed by atoms with E-state index < -0.39 is 5.97 Å². The van der Waals surface area contributed by atoms with Gasteiger partial charge in [-0.05, 0) is 31.0 Å². The molecule has 0 amide bonds. The molecule has 2 rings (SSSR count). The zero-order chi connectivity index (χ0) is 18.2. The summed E-state index contributed by atoms with van der Waals surface area (Å²) in [6.07, 6.45) is 5.11. The molecule has 6 nitrogen and oxygen atoms in total. The van der Waals surface area contributed by atoms with Crippen LogP contribution in [0.3, 0.4) is 0 Å². The van der Waals surface area contributed by atoms with Gasteiger partial charge < -0.3 is 9.47 Å². The molecule has 0 spiro atoms. The van der Waals surface area contributed by atoms with E-state index in [1.165, 1.54) is 10.9 Å². The number of benzene rings is 1. The van der Waals surface area contributed by atoms with E-state index in [1.54, 1.807) is 25.3 Å². The minimum atomic E-state index is -0.417. The van der Waals surface area contributed by atoms with E-state index in [-0.39, 0.29) is 0 Å². The Morgan fingerprint density at radius 2 is 2.08 bits per heavy atom. The van der Waals surface area contributed by atoms with Gasteiger partial charge in [-0.15, -0.1) is 0 Å². The lowest BCUT2D eigenvalue weighted by molar-refractivity contribution is 0.0526. The molecule has 1 heterocycles. The number of carbonyl (C=O) groups is 1. The third-order valence-electron chi connectivity index (χ3n) is 4.07. The molecular formula is C19H23N3O3. The second-order valence-corrected chi connectivity index (χ2v) is 5.68. The third-order valence-corrected chi connectivity index (χ3v) is 4.07. The van der Waals surface area contributed by atoms with Crippen LogP contribution >= 0.6 is 0 Å². The SMILES string of the molecule is CCOC(=O)c1cnn(-c2ccc(OCC(CC)CC)c(C#N)c2)c1. The zero-order valence-electron chi connectivity index (χ0n) is 14.9. The van der Waals surface area contributed by atoms with Crippen molar-refractivity contribution in [1.29, 1.82) is 5.26 Å². The molecular weight excluding hydrogens is 318 g/mol. The molecule has 0 bridgehead atoms. The number of aromatic nitrogens is 2. The lowest BCUT2D eigenvalue weighted by Crippen LogP contribution is -2.11. The van der Waals surface area contributed by atoms with Crippen LogP contribution in [0.5, 0.6) is 5.75 Å². The molecule has 0 fully saturated rings. The summed E-state index contributed by atoms with van der Waals surface area (Å²) >= 11 is 0. The quantitative estimate of drug-likeness (QED) is 0.684. The van der Waals surface area contributed by atoms with E-state index in [0.29, 0.717) is 41.7 Å². The average Bonchev–Trinajstić information content (AvgIpc) is 3.13. The van der Waals surface area contributed by atoms with Crippen LogP contribution in [0.1, 0.15) is 49.5 Å². The number of carbonyl (C=O) groups excluding carboxylic acids is 1. The number of hydrogen-bond donors (Lipinski definition) is 0. The summed E-state index contributed by atoms with van der Waals surface area (Å²) in [6, 6.07) is 7.43. The molecule has 1 aromatic carbocycles. The van der Waals surface area contributed by atoms with Crippen molar-refractivity contribution < 1.29 is 14.3 Å². The predicted octanol–water partition coefficient (Wildman–Crippen LogP) is 3.74. The molecule has 2 aromatic rings. The normalized spacial score (nSPS) is 10.5. The fourth-order valence-electron chi connectivity index (χ4n) is 2.39. The topological polar surface area (TPSA) is 77.1 Å². The van der Waals surface area contributed by atoms with Crippen LogP contribution in [0.15, 0.2) is 30.6 Å². The highest BCUT2D eigenvalue weighted by atomic mass is 16.5. The monoisotopic (exact) mass is 341 g/mol. The molecule has 0 atom stereocenters. The van der Waals surface area contributed by atoms with Crippen molar-refractivity contribution in [3.8, 4) is 17.5 Å². The van der Waals surface area contributed by atoms with Gasteiger partial charge in [0.15, 0.2) is 0 Å². The average molecular weight is 341 g/mol. The van der Waals surface area contributed by atoms with E-state index in [1.807, 2.05) is 6.07 Å². The van der Waals surface area contributed by atoms with Crippen molar-refractivity contribution in [1.82, 2.24) is 9.78 Å². The van der Waals surface area contributed by atoms with Gasteiger partial charge in [0.05, 0.1) is 36.2 Å². The number of hydrogen-bond acceptors (Lipinski definition) is 5. The summed E-state index contributed by atoms with van der Waals surface area (Å²) in [5.41, 5.74) is 1.49. The van der Waals surface area contributed by atoms with Crippen LogP contribution in [0.25, 0.3) is 5.69 Å². The number of nitriles is 1. The van der Waals surface area contributed by atoms with Gasteiger partial charge in [-0.2, -0.15) is 10.4 Å². The minimum Gasteiger partial charge on any atom is -0.492 e. The van der Waals surface area contributed by atoms with Crippen molar-refractivity contribution in [3.63, 3.8) is 0 Å². The second kappa shape index (κ2) is 8.88. The lowest BCUT2D eigenvalue weighted by Gasteiger charge is -2.15. The van der Waals surface area contributed by atoms with Crippen LogP contribution in [0.2, 0.25) is 0 Å². The second-order valence-electron chi connectivity index (χ2n) is 5.68. The van der Waals surface area contributed by atoms with Crippen LogP contribution < -0.4 is 4.74 Å². The first-order valence-corrected chi connectivity index (χ1v) is 8.51. The van der Waals surface area contributed by atoms with E-state index in [4.69, 9.17) is 9.47 Å². The number of ether oxygens (including phenoxy) is 2. The smallest absolute Gasteiger partial charge is 0.341 e. The van der Waals surface area contributed by atoms with Gasteiger partial charge in [-0.1, -0.05) is 26.7 Å². The molecule has 0 aliphatic heterocycles. The Kier molecular flexibility index (Phi) is 6.58. The third kappa shape index (κ3) is 4.60. The fraction of sp³-hybridized carbons (Fsp3) is 0.421. The maximum atomic E-state index is 11.7. The van der Waals surface area contributed by atoms with Gasteiger partial charge in [0, 0.05) is 6.20 Å². The van der Waals surface area contributed by atoms with E-state index >= 15 is 0 Å². The summed E-state index contributed by atoms with van der Waals surface area (Å²) in [7, 11) is 0. The highest BCUT2D eigenvalue weighted by Crippen LogP contribution is 2.23. The van der Waals surface area contributed by atoms with E-state index in [2.05, 4.69) is 25.0 Å². The van der Waals surface area contributed by atoms with Crippen LogP contribution in [-0.2, 0) is 4.74 Å². The molecule has 25 heavy (non-hydrogen) atoms. The lowest BCUT2D eigenvalue weighted by atomic mass is 10.1. The van der Waals surface area contributed by atoms with Gasteiger partial charge >= 0.3 is 5.97 Å². The van der Waals surface area contributed by atoms with Gasteiger partial charge in [0.25, 0.3) is 0 Å². The Morgan fingerprint density at radius 1 is 1.32 bits per heavy atom. The Hall–Kier alpha value is -2.81. The van der Waals surface area contributed by atoms with E-state index in [9.17, 15) is 10.1 Å². The molecule has 1 aromatic heterocycles. The van der Waals surface area contributed by atoms with Gasteiger partial charge in [-0.25, -0.2) is 9.48 Å². The Bertz CT molecular complexity index is 758. The molecule has 6 heteroatoms. The van der Waals surface area contributed by atoms with Gasteiger partial charge in [0.1, 0.15) is 11.8 Å². The van der Waals surface area contributed by atoms with E-state index in [0.717, 1.165) is 12.8 Å². The van der Waals surface area contributed by atoms with Crippen LogP contribution in [0.4, 0.5) is 0 Å². The maximum Gasteiger partial charge on any atom is 0.341 e. The molecule has 0 N–H and O–H groups in total. The highest BCUT2D eigenvalue weighted by molar-refractivity contribution is 5.88. The first kappa shape index (κ1) is 18.5. The molecule has 132 valence electrons. The summed E-state index contributed by atoms with van der Waals surface area (Å²) in [6.45, 7) is 6.91. The van der Waals surface area contributed by atoms with Crippen molar-refractivity contribution in [2.45, 2.75) is 33.6 Å². The van der Waals surface area contributed by atoms with Crippen molar-refractivity contribution in [2.75, 3.05) is 13.2 Å². The molecule has 0 radical (unpaired) electrons. The minimum absolute atomic E-state index is 0.311. The van der Waals surface area contributed by atoms with Gasteiger partial charge in [-0.3, -0.25) is 0 Å². The first-order chi connectivity index (χ1) is 12.1. The van der Waals surface area contributed by atoms with Crippen LogP contribution in [-0.4, -0.2) is 29.0 Å². The van der Waals surface area contributed by atoms with Crippen molar-refractivity contribution in [3.05, 3.63) is 41.7 Å². The Balaban J connectivity index is 2.18. The summed E-state index contributed by atoms with van der Waals surface area (Å²) in [4.78, 5) is 11.7. The first-order valence-electron chi connectivity index (χ1n) is 8.51. The molecule has 0 aliphatic carbocycles. The predicted molar refractivity (Wildman–Crippen MR) is 93.8 cm³/mol. The van der Waals surface area contributed by atoms with Crippen LogP contribution in [0, 0.1) is 17.2 Å². The molecule has 0 saturated heterocycles. The summed E-state index contributed by atoms with van der Waals surface area (Å²) in [5, 5.41) is 13.6. The standard InChI is InChI=1S/C19H23N3O3/c1-4-14(5-2)13-25-18-8-7-17(9-15(18)10-20)22-12-16(11-21-22)19(23)24-6-3/h7-9,11-12,14H,4-6,13H2,1-3H3. The largest absolute Gasteiger partial charge is 0.492 e. The van der Waals surface area contributed by atoms with Crippen molar-refractivity contribution >= 4 is 5.97 Å². The highest BCUT2D eigenvalue weighted by Gasteiger charge is 2.13. The molecule has 0 aliphatic rings. The molecule has 0 unspecified atom stereocenters. The fourth-order valence-corrected chi connectivity index (χ4v) is 2.39. The number of rotatable bonds is 8. The number of nitrogens with zero attached hydrogens (tertiary/aromatic N) is 3. The molecule has 0 saturated carbocycles. The zero-order valence-corrected chi connectivity index (χ0v) is 14.9. The number of esters is 1. The Labute approximate surface area is 148 Å². The van der Waals surface area contributed by atoms with Gasteiger partial charge in [0.2, 0.25) is 0 Å². The summed E-state index contributed by atoms with van der Waals surface area (Å²) in [5.74, 6) is 0.625.